The third-order valence-electron chi connectivity index (χ3n) is 3.02. The van der Waals surface area contributed by atoms with Gasteiger partial charge in [-0.05, 0) is 19.2 Å². The summed E-state index contributed by atoms with van der Waals surface area (Å²) >= 11 is 0. The number of rotatable bonds is 6. The van der Waals surface area contributed by atoms with Gasteiger partial charge in [-0.3, -0.25) is 10.2 Å². The third kappa shape index (κ3) is 3.94. The first-order chi connectivity index (χ1) is 9.17. The van der Waals surface area contributed by atoms with Crippen LogP contribution in [0.3, 0.4) is 0 Å². The Balaban J connectivity index is 3.05. The van der Waals surface area contributed by atoms with Crippen molar-refractivity contribution < 1.29 is 14.3 Å². The zero-order chi connectivity index (χ0) is 14.3. The van der Waals surface area contributed by atoms with E-state index >= 15 is 0 Å². The van der Waals surface area contributed by atoms with Crippen LogP contribution in [0.4, 0.5) is 10.5 Å². The van der Waals surface area contributed by atoms with E-state index in [4.69, 9.17) is 4.74 Å². The Hall–Kier alpha value is -1.59. The van der Waals surface area contributed by atoms with Gasteiger partial charge in [-0.15, -0.1) is 0 Å². The van der Waals surface area contributed by atoms with E-state index in [9.17, 15) is 4.79 Å². The molecule has 5 heteroatoms. The minimum Gasteiger partial charge on any atom is -0.453 e. The zero-order valence-electron chi connectivity index (χ0n) is 12.0. The molecule has 1 amide bonds. The van der Waals surface area contributed by atoms with Gasteiger partial charge in [0, 0.05) is 12.7 Å². The van der Waals surface area contributed by atoms with Gasteiger partial charge in [-0.2, -0.15) is 0 Å². The second kappa shape index (κ2) is 7.76. The summed E-state index contributed by atoms with van der Waals surface area (Å²) in [5, 5.41) is 2.71. The maximum absolute atomic E-state index is 11.4. The van der Waals surface area contributed by atoms with E-state index in [0.717, 1.165) is 18.7 Å². The van der Waals surface area contributed by atoms with Crippen molar-refractivity contribution in [3.63, 3.8) is 0 Å². The predicted molar refractivity (Wildman–Crippen MR) is 75.1 cm³/mol. The van der Waals surface area contributed by atoms with Crippen LogP contribution in [0.15, 0.2) is 24.3 Å². The quantitative estimate of drug-likeness (QED) is 0.804. The monoisotopic (exact) mass is 266 g/mol. The van der Waals surface area contributed by atoms with Gasteiger partial charge in [-0.1, -0.05) is 32.0 Å². The van der Waals surface area contributed by atoms with E-state index in [1.165, 1.54) is 7.11 Å². The number of para-hydroxylation sites is 1. The van der Waals surface area contributed by atoms with Crippen LogP contribution in [0, 0.1) is 0 Å². The van der Waals surface area contributed by atoms with Gasteiger partial charge < -0.3 is 9.47 Å². The first-order valence-electron chi connectivity index (χ1n) is 6.38. The number of carbonyl (C=O) groups is 1. The fraction of sp³-hybridized carbons (Fsp3) is 0.500. The van der Waals surface area contributed by atoms with Crippen molar-refractivity contribution in [2.75, 3.05) is 32.6 Å². The molecule has 0 fully saturated rings. The first-order valence-corrected chi connectivity index (χ1v) is 6.38. The standard InChI is InChI=1S/C14H22N2O3/c1-5-16(6-2)13(18-3)11-9-7-8-10-12(11)15-14(17)19-4/h7-10,13H,5-6H2,1-4H3,(H,15,17)/t13-/m0/s1. The van der Waals surface area contributed by atoms with Gasteiger partial charge in [-0.25, -0.2) is 4.79 Å². The van der Waals surface area contributed by atoms with E-state index in [0.29, 0.717) is 5.69 Å². The maximum Gasteiger partial charge on any atom is 0.411 e. The molecular formula is C14H22N2O3. The molecule has 106 valence electrons. The Morgan fingerprint density at radius 1 is 1.26 bits per heavy atom. The molecule has 1 aromatic rings. The van der Waals surface area contributed by atoms with Crippen LogP contribution in [0.2, 0.25) is 0 Å². The average molecular weight is 266 g/mol. The zero-order valence-corrected chi connectivity index (χ0v) is 12.0. The highest BCUT2D eigenvalue weighted by molar-refractivity contribution is 5.85. The number of amides is 1. The van der Waals surface area contributed by atoms with Crippen molar-refractivity contribution in [1.82, 2.24) is 4.90 Å². The molecule has 0 heterocycles. The van der Waals surface area contributed by atoms with Gasteiger partial charge >= 0.3 is 6.09 Å². The number of benzene rings is 1. The number of nitrogens with zero attached hydrogens (tertiary/aromatic N) is 1. The summed E-state index contributed by atoms with van der Waals surface area (Å²) in [5.41, 5.74) is 1.62. The lowest BCUT2D eigenvalue weighted by molar-refractivity contribution is -0.0289. The number of nitrogens with one attached hydrogen (secondary N) is 1. The molecular weight excluding hydrogens is 244 g/mol. The molecule has 0 saturated carbocycles. The lowest BCUT2D eigenvalue weighted by atomic mass is 10.1. The number of anilines is 1. The van der Waals surface area contributed by atoms with Crippen LogP contribution in [-0.4, -0.2) is 38.3 Å². The topological polar surface area (TPSA) is 50.8 Å². The Labute approximate surface area is 114 Å². The third-order valence-corrected chi connectivity index (χ3v) is 3.02. The maximum atomic E-state index is 11.4. The van der Waals surface area contributed by atoms with Crippen LogP contribution in [0.25, 0.3) is 0 Å². The molecule has 1 atom stereocenters. The van der Waals surface area contributed by atoms with E-state index in [1.807, 2.05) is 24.3 Å². The van der Waals surface area contributed by atoms with E-state index < -0.39 is 6.09 Å². The molecule has 1 aromatic carbocycles. The highest BCUT2D eigenvalue weighted by Crippen LogP contribution is 2.28. The molecule has 0 aromatic heterocycles. The minimum atomic E-state index is -0.484. The molecule has 0 aliphatic rings. The van der Waals surface area contributed by atoms with Gasteiger partial charge in [0.25, 0.3) is 0 Å². The molecule has 0 saturated heterocycles. The lowest BCUT2D eigenvalue weighted by Gasteiger charge is -2.29. The molecule has 1 rings (SSSR count). The van der Waals surface area contributed by atoms with Gasteiger partial charge in [0.15, 0.2) is 0 Å². The Morgan fingerprint density at radius 2 is 1.89 bits per heavy atom. The second-order valence-corrected chi connectivity index (χ2v) is 4.01. The summed E-state index contributed by atoms with van der Waals surface area (Å²) in [7, 11) is 3.01. The summed E-state index contributed by atoms with van der Waals surface area (Å²) in [4.78, 5) is 13.5. The lowest BCUT2D eigenvalue weighted by Crippen LogP contribution is -2.30. The smallest absolute Gasteiger partial charge is 0.411 e. The van der Waals surface area contributed by atoms with Gasteiger partial charge in [0.1, 0.15) is 6.23 Å². The average Bonchev–Trinajstić information content (AvgIpc) is 2.45. The first kappa shape index (κ1) is 15.5. The number of methoxy groups -OCH3 is 2. The summed E-state index contributed by atoms with van der Waals surface area (Å²) in [6.07, 6.45) is -0.676. The Kier molecular flexibility index (Phi) is 6.32. The number of hydrogen-bond acceptors (Lipinski definition) is 4. The largest absolute Gasteiger partial charge is 0.453 e. The van der Waals surface area contributed by atoms with E-state index in [2.05, 4.69) is 28.8 Å². The van der Waals surface area contributed by atoms with Crippen molar-refractivity contribution in [1.29, 1.82) is 0 Å². The van der Waals surface area contributed by atoms with Crippen LogP contribution in [-0.2, 0) is 9.47 Å². The van der Waals surface area contributed by atoms with Crippen LogP contribution >= 0.6 is 0 Å². The molecule has 0 aliphatic heterocycles. The Bertz CT molecular complexity index is 405. The summed E-state index contributed by atoms with van der Waals surface area (Å²) in [5.74, 6) is 0. The van der Waals surface area contributed by atoms with Crippen molar-refractivity contribution in [2.24, 2.45) is 0 Å². The predicted octanol–water partition coefficient (Wildman–Crippen LogP) is 2.85. The van der Waals surface area contributed by atoms with E-state index in [1.54, 1.807) is 7.11 Å². The molecule has 19 heavy (non-hydrogen) atoms. The van der Waals surface area contributed by atoms with Gasteiger partial charge in [0.05, 0.1) is 12.8 Å². The number of ether oxygens (including phenoxy) is 2. The van der Waals surface area contributed by atoms with Crippen molar-refractivity contribution >= 4 is 11.8 Å². The van der Waals surface area contributed by atoms with Crippen LogP contribution in [0.1, 0.15) is 25.6 Å². The van der Waals surface area contributed by atoms with Crippen molar-refractivity contribution in [3.05, 3.63) is 29.8 Å². The van der Waals surface area contributed by atoms with Crippen molar-refractivity contribution in [3.8, 4) is 0 Å². The van der Waals surface area contributed by atoms with Crippen LogP contribution in [0.5, 0.6) is 0 Å². The summed E-state index contributed by atoms with van der Waals surface area (Å²) in [6, 6.07) is 7.57. The highest BCUT2D eigenvalue weighted by Gasteiger charge is 2.20. The molecule has 0 unspecified atom stereocenters. The minimum absolute atomic E-state index is 0.191. The van der Waals surface area contributed by atoms with E-state index in [-0.39, 0.29) is 6.23 Å². The normalized spacial score (nSPS) is 12.3. The van der Waals surface area contributed by atoms with Gasteiger partial charge in [0.2, 0.25) is 0 Å². The Morgan fingerprint density at radius 3 is 2.42 bits per heavy atom. The fourth-order valence-electron chi connectivity index (χ4n) is 2.02. The molecule has 0 radical (unpaired) electrons. The molecule has 5 nitrogen and oxygen atoms in total. The molecule has 1 N–H and O–H groups in total. The summed E-state index contributed by atoms with van der Waals surface area (Å²) in [6.45, 7) is 5.88. The SMILES string of the molecule is CCN(CC)[C@@H](OC)c1ccccc1NC(=O)OC. The molecule has 0 aliphatic carbocycles. The molecule has 0 bridgehead atoms. The van der Waals surface area contributed by atoms with Crippen LogP contribution < -0.4 is 5.32 Å². The molecule has 0 spiro atoms. The number of hydrogen-bond donors (Lipinski definition) is 1. The second-order valence-electron chi connectivity index (χ2n) is 4.01. The van der Waals surface area contributed by atoms with Crippen molar-refractivity contribution in [2.45, 2.75) is 20.1 Å². The highest BCUT2D eigenvalue weighted by atomic mass is 16.5. The summed E-state index contributed by atoms with van der Waals surface area (Å²) < 4.78 is 10.2. The fourth-order valence-corrected chi connectivity index (χ4v) is 2.02. The number of carbonyl (C=O) groups excluding carboxylic acids is 1.